The molecule has 31 heavy (non-hydrogen) atoms. The van der Waals surface area contributed by atoms with Crippen LogP contribution in [0.2, 0.25) is 0 Å². The van der Waals surface area contributed by atoms with Crippen LogP contribution in [-0.4, -0.2) is 79.4 Å². The van der Waals surface area contributed by atoms with Crippen LogP contribution in [0.5, 0.6) is 5.75 Å². The van der Waals surface area contributed by atoms with E-state index in [4.69, 9.17) is 18.9 Å². The first-order valence-electron chi connectivity index (χ1n) is 9.03. The number of aldehydes is 1. The molecule has 0 radical (unpaired) electrons. The van der Waals surface area contributed by atoms with Gasteiger partial charge in [0.05, 0.1) is 7.11 Å². The quantitative estimate of drug-likeness (QED) is 0.249. The van der Waals surface area contributed by atoms with Gasteiger partial charge in [-0.3, -0.25) is 24.7 Å². The summed E-state index contributed by atoms with van der Waals surface area (Å²) in [5.41, 5.74) is 0.271. The van der Waals surface area contributed by atoms with E-state index in [-0.39, 0.29) is 17.0 Å². The number of hydrogen-bond donors (Lipinski definition) is 2. The predicted molar refractivity (Wildman–Crippen MR) is 100 cm³/mol. The summed E-state index contributed by atoms with van der Waals surface area (Å²) in [6, 6.07) is 4.02. The van der Waals surface area contributed by atoms with Crippen molar-refractivity contribution < 1.29 is 53.2 Å². The molecular weight excluding hydrogens is 418 g/mol. The van der Waals surface area contributed by atoms with E-state index in [2.05, 4.69) is 4.74 Å². The molecule has 0 spiro atoms. The fourth-order valence-corrected chi connectivity index (χ4v) is 2.95. The summed E-state index contributed by atoms with van der Waals surface area (Å²) in [6.07, 6.45) is -7.42. The summed E-state index contributed by atoms with van der Waals surface area (Å²) < 4.78 is 26.0. The number of esters is 3. The predicted octanol–water partition coefficient (Wildman–Crippen LogP) is -0.175. The van der Waals surface area contributed by atoms with Gasteiger partial charge in [0.25, 0.3) is 0 Å². The first-order valence-corrected chi connectivity index (χ1v) is 9.03. The molecule has 1 saturated heterocycles. The molecule has 0 amide bonds. The number of methoxy groups -OCH3 is 1. The summed E-state index contributed by atoms with van der Waals surface area (Å²) in [4.78, 5) is 46.3. The van der Waals surface area contributed by atoms with Gasteiger partial charge in [-0.15, -0.1) is 0 Å². The van der Waals surface area contributed by atoms with Crippen molar-refractivity contribution in [1.29, 1.82) is 0 Å². The third-order valence-electron chi connectivity index (χ3n) is 4.27. The summed E-state index contributed by atoms with van der Waals surface area (Å²) in [5, 5.41) is 21.3. The molecule has 1 aromatic rings. The SMILES string of the molecule is COC(=O)[C@H]1O[C@@H](Oc2ccc(C=O)cc2N(C)O)[C@H](OC(C)=O)[C@@H](O)[C@@H]1OC(C)=O. The van der Waals surface area contributed by atoms with Crippen LogP contribution in [0.4, 0.5) is 5.69 Å². The average molecular weight is 441 g/mol. The molecule has 0 bridgehead atoms. The Morgan fingerprint density at radius 3 is 2.26 bits per heavy atom. The van der Waals surface area contributed by atoms with Crippen molar-refractivity contribution in [3.8, 4) is 5.75 Å². The number of anilines is 1. The molecule has 5 atom stereocenters. The van der Waals surface area contributed by atoms with E-state index >= 15 is 0 Å². The highest BCUT2D eigenvalue weighted by Crippen LogP contribution is 2.33. The van der Waals surface area contributed by atoms with E-state index in [1.807, 2.05) is 0 Å². The van der Waals surface area contributed by atoms with Gasteiger partial charge < -0.3 is 28.8 Å². The number of rotatable bonds is 7. The molecule has 1 aromatic carbocycles. The number of nitrogens with zero attached hydrogens (tertiary/aromatic N) is 1. The monoisotopic (exact) mass is 441 g/mol. The Labute approximate surface area is 177 Å². The summed E-state index contributed by atoms with van der Waals surface area (Å²) in [6.45, 7) is 2.13. The fourth-order valence-electron chi connectivity index (χ4n) is 2.95. The lowest BCUT2D eigenvalue weighted by Crippen LogP contribution is -2.63. The number of benzene rings is 1. The van der Waals surface area contributed by atoms with Gasteiger partial charge in [0.1, 0.15) is 23.8 Å². The van der Waals surface area contributed by atoms with E-state index in [0.29, 0.717) is 11.3 Å². The number of carbonyl (C=O) groups is 4. The third kappa shape index (κ3) is 5.69. The maximum absolute atomic E-state index is 12.2. The topological polar surface area (TPSA) is 158 Å². The molecule has 0 aliphatic carbocycles. The van der Waals surface area contributed by atoms with Gasteiger partial charge in [0, 0.05) is 26.5 Å². The molecule has 0 unspecified atom stereocenters. The third-order valence-corrected chi connectivity index (χ3v) is 4.27. The van der Waals surface area contributed by atoms with Gasteiger partial charge in [0.2, 0.25) is 6.29 Å². The van der Waals surface area contributed by atoms with E-state index in [9.17, 15) is 29.5 Å². The van der Waals surface area contributed by atoms with E-state index < -0.39 is 48.6 Å². The highest BCUT2D eigenvalue weighted by Gasteiger charge is 2.53. The summed E-state index contributed by atoms with van der Waals surface area (Å²) >= 11 is 0. The number of carbonyl (C=O) groups excluding carboxylic acids is 4. The van der Waals surface area contributed by atoms with Crippen LogP contribution in [-0.2, 0) is 33.3 Å². The minimum absolute atomic E-state index is 0.0282. The first-order chi connectivity index (χ1) is 14.6. The number of hydrogen-bond acceptors (Lipinski definition) is 12. The smallest absolute Gasteiger partial charge is 0.339 e. The number of hydroxylamine groups is 1. The van der Waals surface area contributed by atoms with Crippen molar-refractivity contribution in [2.45, 2.75) is 44.6 Å². The molecular formula is C19H23NO11. The lowest BCUT2D eigenvalue weighted by molar-refractivity contribution is -0.279. The van der Waals surface area contributed by atoms with Crippen molar-refractivity contribution in [1.82, 2.24) is 0 Å². The van der Waals surface area contributed by atoms with Gasteiger partial charge in [-0.05, 0) is 18.2 Å². The molecule has 1 fully saturated rings. The zero-order chi connectivity index (χ0) is 23.3. The largest absolute Gasteiger partial charge is 0.467 e. The standard InChI is InChI=1S/C19H23NO11/c1-9(22)28-15-14(24)16(29-10(2)23)19(31-17(15)18(25)27-4)30-13-6-5-11(8-21)7-12(13)20(3)26/h5-8,14-17,19,24,26H,1-4H3/t14-,15-,16+,17-,19+/m0/s1. The van der Waals surface area contributed by atoms with Crippen LogP contribution < -0.4 is 9.80 Å². The molecule has 2 rings (SSSR count). The minimum Gasteiger partial charge on any atom is -0.467 e. The number of ether oxygens (including phenoxy) is 5. The Bertz CT molecular complexity index is 840. The van der Waals surface area contributed by atoms with Gasteiger partial charge in [-0.2, -0.15) is 0 Å². The molecule has 0 aromatic heterocycles. The lowest BCUT2D eigenvalue weighted by atomic mass is 9.98. The Kier molecular flexibility index (Phi) is 7.91. The van der Waals surface area contributed by atoms with Crippen molar-refractivity contribution in [2.24, 2.45) is 0 Å². The van der Waals surface area contributed by atoms with E-state index in [1.54, 1.807) is 0 Å². The second-order valence-electron chi connectivity index (χ2n) is 6.57. The van der Waals surface area contributed by atoms with Gasteiger partial charge >= 0.3 is 17.9 Å². The van der Waals surface area contributed by atoms with Crippen molar-refractivity contribution in [3.05, 3.63) is 23.8 Å². The van der Waals surface area contributed by atoms with Crippen molar-refractivity contribution >= 4 is 29.9 Å². The molecule has 0 saturated carbocycles. The minimum atomic E-state index is -1.72. The van der Waals surface area contributed by atoms with Crippen LogP contribution >= 0.6 is 0 Å². The Morgan fingerprint density at radius 1 is 1.13 bits per heavy atom. The number of aliphatic hydroxyl groups excluding tert-OH is 1. The molecule has 2 N–H and O–H groups in total. The van der Waals surface area contributed by atoms with Gasteiger partial charge in [-0.1, -0.05) is 0 Å². The maximum Gasteiger partial charge on any atom is 0.339 e. The molecule has 1 aliphatic rings. The average Bonchev–Trinajstić information content (AvgIpc) is 2.71. The van der Waals surface area contributed by atoms with E-state index in [1.165, 1.54) is 25.2 Å². The molecule has 1 aliphatic heterocycles. The Balaban J connectivity index is 2.45. The summed E-state index contributed by atoms with van der Waals surface area (Å²) in [7, 11) is 2.33. The number of aliphatic hydroxyl groups is 1. The Hall–Kier alpha value is -3.22. The molecule has 12 nitrogen and oxygen atoms in total. The summed E-state index contributed by atoms with van der Waals surface area (Å²) in [5.74, 6) is -2.64. The van der Waals surface area contributed by atoms with Gasteiger partial charge in [-0.25, -0.2) is 4.79 Å². The zero-order valence-corrected chi connectivity index (χ0v) is 17.2. The second-order valence-corrected chi connectivity index (χ2v) is 6.57. The van der Waals surface area contributed by atoms with Crippen molar-refractivity contribution in [3.63, 3.8) is 0 Å². The van der Waals surface area contributed by atoms with Crippen LogP contribution in [0.25, 0.3) is 0 Å². The Morgan fingerprint density at radius 2 is 1.74 bits per heavy atom. The highest BCUT2D eigenvalue weighted by molar-refractivity contribution is 5.79. The molecule has 170 valence electrons. The second kappa shape index (κ2) is 10.2. The molecule has 1 heterocycles. The van der Waals surface area contributed by atoms with Crippen LogP contribution in [0, 0.1) is 0 Å². The van der Waals surface area contributed by atoms with Gasteiger partial charge in [0.15, 0.2) is 18.3 Å². The first kappa shape index (κ1) is 24.1. The lowest BCUT2D eigenvalue weighted by Gasteiger charge is -2.41. The maximum atomic E-state index is 12.2. The van der Waals surface area contributed by atoms with Crippen LogP contribution in [0.1, 0.15) is 24.2 Å². The fraction of sp³-hybridized carbons (Fsp3) is 0.474. The van der Waals surface area contributed by atoms with Crippen molar-refractivity contribution in [2.75, 3.05) is 19.2 Å². The van der Waals surface area contributed by atoms with Crippen LogP contribution in [0.15, 0.2) is 18.2 Å². The molecule has 12 heteroatoms. The highest BCUT2D eigenvalue weighted by atomic mass is 16.7. The van der Waals surface area contributed by atoms with E-state index in [0.717, 1.165) is 21.0 Å². The normalized spacial score (nSPS) is 25.2. The van der Waals surface area contributed by atoms with Crippen LogP contribution in [0.3, 0.4) is 0 Å². The zero-order valence-electron chi connectivity index (χ0n) is 17.2.